The molecule has 1 aromatic carbocycles. The molecule has 0 saturated heterocycles. The number of benzene rings is 1. The molecule has 32 heavy (non-hydrogen) atoms. The second kappa shape index (κ2) is 11.3. The van der Waals surface area contributed by atoms with E-state index < -0.39 is 22.5 Å². The second-order valence-electron chi connectivity index (χ2n) is 7.99. The summed E-state index contributed by atoms with van der Waals surface area (Å²) in [4.78, 5) is 31.5. The van der Waals surface area contributed by atoms with Crippen molar-refractivity contribution in [3.05, 3.63) is 58.6 Å². The van der Waals surface area contributed by atoms with Crippen molar-refractivity contribution in [2.75, 3.05) is 19.6 Å². The Morgan fingerprint density at radius 2 is 1.62 bits per heavy atom. The molecular weight excluding hydrogens is 426 g/mol. The first-order valence-electron chi connectivity index (χ1n) is 11.2. The number of hydrogen-bond acceptors (Lipinski definition) is 7. The highest BCUT2D eigenvalue weighted by Gasteiger charge is 2.43. The number of carbonyl (C=O) groups is 2. The lowest BCUT2D eigenvalue weighted by molar-refractivity contribution is -0.129. The monoisotopic (exact) mass is 459 g/mol. The maximum absolute atomic E-state index is 12.0. The second-order valence-corrected chi connectivity index (χ2v) is 10.2. The molecular formula is C24H33N3O4S. The third-order valence-corrected chi connectivity index (χ3v) is 8.10. The minimum absolute atomic E-state index is 0.0745. The fraction of sp³-hybridized carbons (Fsp3) is 0.458. The molecule has 0 aliphatic carbocycles. The Morgan fingerprint density at radius 1 is 0.938 bits per heavy atom. The van der Waals surface area contributed by atoms with E-state index in [4.69, 9.17) is 14.1 Å². The van der Waals surface area contributed by atoms with Gasteiger partial charge in [0, 0.05) is 18.7 Å². The van der Waals surface area contributed by atoms with Crippen molar-refractivity contribution in [1.82, 2.24) is 4.90 Å². The molecule has 2 heterocycles. The summed E-state index contributed by atoms with van der Waals surface area (Å²) >= 11 is 0. The van der Waals surface area contributed by atoms with Crippen LogP contribution in [0.5, 0.6) is 0 Å². The molecule has 3 rings (SSSR count). The largest absolute Gasteiger partial charge is 0.368 e. The van der Waals surface area contributed by atoms with Crippen LogP contribution >= 0.6 is 10.6 Å². The number of carbonyl (C=O) groups excluding carboxylic acids is 2. The van der Waals surface area contributed by atoms with Gasteiger partial charge in [0.15, 0.2) is 0 Å². The summed E-state index contributed by atoms with van der Waals surface area (Å²) in [5.41, 5.74) is 8.10. The summed E-state index contributed by atoms with van der Waals surface area (Å²) < 4.78 is 11.0. The van der Waals surface area contributed by atoms with E-state index in [-0.39, 0.29) is 5.17 Å². The fourth-order valence-corrected chi connectivity index (χ4v) is 6.27. The predicted molar refractivity (Wildman–Crippen MR) is 129 cm³/mol. The summed E-state index contributed by atoms with van der Waals surface area (Å²) in [7, 11) is -2.78. The minimum Gasteiger partial charge on any atom is -0.368 e. The first-order valence-corrected chi connectivity index (χ1v) is 12.7. The van der Waals surface area contributed by atoms with Gasteiger partial charge in [0.1, 0.15) is 0 Å². The minimum atomic E-state index is -2.78. The van der Waals surface area contributed by atoms with E-state index in [1.165, 1.54) is 5.56 Å². The molecule has 0 atom stereocenters. The average Bonchev–Trinajstić information content (AvgIpc) is 2.89. The quantitative estimate of drug-likeness (QED) is 0.494. The summed E-state index contributed by atoms with van der Waals surface area (Å²) in [5, 5.41) is 0.0745. The van der Waals surface area contributed by atoms with Crippen LogP contribution in [0.2, 0.25) is 0 Å². The van der Waals surface area contributed by atoms with Crippen LogP contribution in [0.15, 0.2) is 58.1 Å². The van der Waals surface area contributed by atoms with Crippen LogP contribution in [0, 0.1) is 0 Å². The van der Waals surface area contributed by atoms with Gasteiger partial charge in [-0.05, 0) is 68.3 Å². The Morgan fingerprint density at radius 3 is 2.28 bits per heavy atom. The highest BCUT2D eigenvalue weighted by molar-refractivity contribution is 8.41. The van der Waals surface area contributed by atoms with Crippen LogP contribution in [0.4, 0.5) is 0 Å². The fourth-order valence-electron chi connectivity index (χ4n) is 3.93. The molecule has 2 aliphatic rings. The van der Waals surface area contributed by atoms with E-state index in [1.807, 2.05) is 13.0 Å². The van der Waals surface area contributed by atoms with Crippen molar-refractivity contribution in [1.29, 1.82) is 0 Å². The Balaban J connectivity index is 1.50. The smallest absolute Gasteiger partial charge is 0.354 e. The molecule has 0 bridgehead atoms. The Labute approximate surface area is 192 Å². The SMILES string of the molecule is CCCN(CCCCCC1=C(C)N=C(N)S12OC(=O)C=CC(=O)O2)CCc1ccccc1. The molecule has 1 aromatic rings. The highest BCUT2D eigenvalue weighted by Crippen LogP contribution is 2.64. The maximum atomic E-state index is 12.0. The van der Waals surface area contributed by atoms with Gasteiger partial charge in [0.25, 0.3) is 0 Å². The van der Waals surface area contributed by atoms with E-state index in [2.05, 4.69) is 41.1 Å². The Hall–Kier alpha value is -2.58. The van der Waals surface area contributed by atoms with Crippen LogP contribution in [0.1, 0.15) is 51.5 Å². The van der Waals surface area contributed by atoms with Crippen LogP contribution in [-0.2, 0) is 24.4 Å². The van der Waals surface area contributed by atoms with Crippen molar-refractivity contribution in [3.63, 3.8) is 0 Å². The lowest BCUT2D eigenvalue weighted by Crippen LogP contribution is -2.28. The van der Waals surface area contributed by atoms with E-state index >= 15 is 0 Å². The lowest BCUT2D eigenvalue weighted by Gasteiger charge is -2.37. The van der Waals surface area contributed by atoms with Gasteiger partial charge < -0.3 is 19.0 Å². The number of rotatable bonds is 11. The van der Waals surface area contributed by atoms with E-state index in [0.717, 1.165) is 68.8 Å². The van der Waals surface area contributed by atoms with Crippen LogP contribution in [-0.4, -0.2) is 41.6 Å². The summed E-state index contributed by atoms with van der Waals surface area (Å²) in [5.74, 6) is -1.27. The van der Waals surface area contributed by atoms with Gasteiger partial charge in [-0.1, -0.05) is 43.7 Å². The molecule has 0 unspecified atom stereocenters. The molecule has 7 nitrogen and oxygen atoms in total. The molecule has 2 N–H and O–H groups in total. The number of allylic oxidation sites excluding steroid dienone is 2. The Bertz CT molecular complexity index is 891. The molecule has 174 valence electrons. The third-order valence-electron chi connectivity index (χ3n) is 5.51. The predicted octanol–water partition coefficient (Wildman–Crippen LogP) is 4.35. The number of amidine groups is 1. The molecule has 2 aliphatic heterocycles. The van der Waals surface area contributed by atoms with Gasteiger partial charge in [-0.2, -0.15) is 0 Å². The number of nitrogens with zero attached hydrogens (tertiary/aromatic N) is 2. The number of unbranched alkanes of at least 4 members (excludes halogenated alkanes) is 2. The summed E-state index contributed by atoms with van der Waals surface area (Å²) in [6.45, 7) is 7.22. The first kappa shape index (κ1) is 24.1. The van der Waals surface area contributed by atoms with E-state index in [9.17, 15) is 9.59 Å². The van der Waals surface area contributed by atoms with Crippen molar-refractivity contribution in [2.24, 2.45) is 10.7 Å². The van der Waals surface area contributed by atoms with Crippen LogP contribution in [0.25, 0.3) is 0 Å². The normalized spacial score (nSPS) is 18.5. The highest BCUT2D eigenvalue weighted by atomic mass is 32.3. The zero-order valence-corrected chi connectivity index (χ0v) is 19.7. The topological polar surface area (TPSA) is 94.2 Å². The van der Waals surface area contributed by atoms with Crippen LogP contribution in [0.3, 0.4) is 0 Å². The molecule has 0 radical (unpaired) electrons. The van der Waals surface area contributed by atoms with E-state index in [1.54, 1.807) is 0 Å². The van der Waals surface area contributed by atoms with Crippen molar-refractivity contribution in [3.8, 4) is 0 Å². The first-order chi connectivity index (χ1) is 15.4. The van der Waals surface area contributed by atoms with Crippen molar-refractivity contribution < 1.29 is 18.0 Å². The van der Waals surface area contributed by atoms with Gasteiger partial charge in [-0.3, -0.25) is 0 Å². The van der Waals surface area contributed by atoms with Crippen molar-refractivity contribution in [2.45, 2.75) is 52.4 Å². The summed E-state index contributed by atoms with van der Waals surface area (Å²) in [6, 6.07) is 10.6. The standard InChI is InChI=1S/C24H33N3O4S/c1-3-16-27(18-15-20-10-6-4-7-11-20)17-9-5-8-12-21-19(2)26-24(25)32(21)30-22(28)13-14-23(29)31-32/h4,6-7,10-11,13-14H,3,5,8-9,12,15-18H2,1-2H3,(H2,25,26). The Kier molecular flexibility index (Phi) is 8.53. The average molecular weight is 460 g/mol. The molecule has 0 fully saturated rings. The number of nitrogens with two attached hydrogens (primary N) is 1. The third kappa shape index (κ3) is 6.01. The molecule has 8 heteroatoms. The molecule has 1 spiro atoms. The lowest BCUT2D eigenvalue weighted by atomic mass is 10.1. The molecule has 0 saturated carbocycles. The zero-order valence-electron chi connectivity index (χ0n) is 18.9. The number of hydrogen-bond donors (Lipinski definition) is 1. The van der Waals surface area contributed by atoms with Gasteiger partial charge in [-0.25, -0.2) is 14.6 Å². The van der Waals surface area contributed by atoms with Gasteiger partial charge in [0.05, 0.1) is 10.6 Å². The van der Waals surface area contributed by atoms with Gasteiger partial charge in [-0.15, -0.1) is 0 Å². The van der Waals surface area contributed by atoms with Gasteiger partial charge in [0.2, 0.25) is 5.17 Å². The van der Waals surface area contributed by atoms with Crippen LogP contribution < -0.4 is 5.73 Å². The summed E-state index contributed by atoms with van der Waals surface area (Å²) in [6.07, 6.45) is 7.92. The van der Waals surface area contributed by atoms with Crippen molar-refractivity contribution >= 4 is 27.7 Å². The van der Waals surface area contributed by atoms with Gasteiger partial charge >= 0.3 is 11.9 Å². The molecule has 0 aromatic heterocycles. The zero-order chi connectivity index (χ0) is 23.0. The molecule has 0 amide bonds. The maximum Gasteiger partial charge on any atom is 0.354 e. The number of aliphatic imine (C=N–C) groups is 1. The van der Waals surface area contributed by atoms with E-state index in [0.29, 0.717) is 12.1 Å².